The highest BCUT2D eigenvalue weighted by atomic mass is 35.5. The van der Waals surface area contributed by atoms with Crippen LogP contribution in [-0.2, 0) is 16.4 Å². The second-order valence-electron chi connectivity index (χ2n) is 6.32. The Balaban J connectivity index is 1.82. The van der Waals surface area contributed by atoms with Crippen molar-refractivity contribution in [2.75, 3.05) is 18.1 Å². The molecule has 0 spiro atoms. The summed E-state index contributed by atoms with van der Waals surface area (Å²) in [6.45, 7) is 2.05. The summed E-state index contributed by atoms with van der Waals surface area (Å²) < 4.78 is 25.6. The minimum Gasteiger partial charge on any atom is -0.507 e. The molecule has 10 heteroatoms. The van der Waals surface area contributed by atoms with E-state index in [1.165, 1.54) is 23.5 Å². The Morgan fingerprint density at radius 1 is 1.29 bits per heavy atom. The molecule has 3 N–H and O–H groups in total. The molecule has 1 amide bonds. The van der Waals surface area contributed by atoms with Crippen molar-refractivity contribution in [2.24, 2.45) is 0 Å². The lowest BCUT2D eigenvalue weighted by molar-refractivity contribution is 0.102. The Hall–Kier alpha value is -2.20. The quantitative estimate of drug-likeness (QED) is 0.546. The van der Waals surface area contributed by atoms with Gasteiger partial charge in [0.25, 0.3) is 5.91 Å². The third-order valence-corrected chi connectivity index (χ3v) is 5.80. The number of fused-ring (bicyclic) bond motifs is 1. The van der Waals surface area contributed by atoms with Crippen molar-refractivity contribution in [2.45, 2.75) is 13.3 Å². The molecule has 28 heavy (non-hydrogen) atoms. The number of aryl methyl sites for hydroxylation is 1. The number of phenols is 1. The van der Waals surface area contributed by atoms with E-state index < -0.39 is 15.9 Å². The summed E-state index contributed by atoms with van der Waals surface area (Å²) >= 11 is 7.41. The number of rotatable bonds is 6. The second kappa shape index (κ2) is 8.04. The molecule has 0 aliphatic heterocycles. The molecule has 0 aliphatic rings. The van der Waals surface area contributed by atoms with Crippen LogP contribution in [-0.4, -0.2) is 37.2 Å². The van der Waals surface area contributed by atoms with Crippen LogP contribution in [0.3, 0.4) is 0 Å². The Morgan fingerprint density at radius 2 is 2.04 bits per heavy atom. The van der Waals surface area contributed by atoms with E-state index in [1.54, 1.807) is 0 Å². The zero-order valence-electron chi connectivity index (χ0n) is 15.1. The van der Waals surface area contributed by atoms with E-state index in [2.05, 4.69) is 15.0 Å². The van der Waals surface area contributed by atoms with Gasteiger partial charge in [0.1, 0.15) is 5.75 Å². The molecule has 0 saturated carbocycles. The number of phenolic OH excluding ortho intramolecular Hbond substituents is 1. The lowest BCUT2D eigenvalue weighted by atomic mass is 10.1. The smallest absolute Gasteiger partial charge is 0.261 e. The van der Waals surface area contributed by atoms with Gasteiger partial charge in [-0.1, -0.05) is 29.0 Å². The highest BCUT2D eigenvalue weighted by Gasteiger charge is 2.18. The zero-order chi connectivity index (χ0) is 20.5. The highest BCUT2D eigenvalue weighted by molar-refractivity contribution is 7.88. The number of nitrogens with one attached hydrogen (secondary N) is 2. The summed E-state index contributed by atoms with van der Waals surface area (Å²) in [5.41, 5.74) is 2.23. The highest BCUT2D eigenvalue weighted by Crippen LogP contribution is 2.30. The lowest BCUT2D eigenvalue weighted by Crippen LogP contribution is -2.24. The maximum absolute atomic E-state index is 12.6. The molecule has 148 valence electrons. The molecule has 0 saturated heterocycles. The first-order chi connectivity index (χ1) is 13.1. The van der Waals surface area contributed by atoms with Gasteiger partial charge >= 0.3 is 0 Å². The number of hydrogen-bond acceptors (Lipinski definition) is 6. The van der Waals surface area contributed by atoms with E-state index in [0.29, 0.717) is 10.7 Å². The van der Waals surface area contributed by atoms with Crippen molar-refractivity contribution >= 4 is 54.2 Å². The van der Waals surface area contributed by atoms with Crippen LogP contribution >= 0.6 is 22.9 Å². The van der Waals surface area contributed by atoms with Gasteiger partial charge in [-0.25, -0.2) is 18.1 Å². The number of thiazole rings is 1. The zero-order valence-corrected chi connectivity index (χ0v) is 17.5. The fourth-order valence-electron chi connectivity index (χ4n) is 2.64. The van der Waals surface area contributed by atoms with E-state index in [0.717, 1.165) is 22.0 Å². The molecule has 0 fully saturated rings. The summed E-state index contributed by atoms with van der Waals surface area (Å²) in [5, 5.41) is 13.8. The molecule has 3 rings (SSSR count). The summed E-state index contributed by atoms with van der Waals surface area (Å²) in [5.74, 6) is -0.790. The third-order valence-electron chi connectivity index (χ3n) is 3.92. The largest absolute Gasteiger partial charge is 0.507 e. The van der Waals surface area contributed by atoms with Crippen LogP contribution in [0.15, 0.2) is 30.3 Å². The molecule has 7 nitrogen and oxygen atoms in total. The number of amides is 1. The minimum atomic E-state index is -3.35. The van der Waals surface area contributed by atoms with Crippen molar-refractivity contribution < 1.29 is 18.3 Å². The number of benzene rings is 2. The predicted octanol–water partition coefficient (Wildman–Crippen LogP) is 3.31. The number of halogens is 1. The number of carbonyl (C=O) groups is 1. The average molecular weight is 440 g/mol. The summed E-state index contributed by atoms with van der Waals surface area (Å²) in [6.07, 6.45) is 1.23. The van der Waals surface area contributed by atoms with Crippen molar-refractivity contribution in [1.29, 1.82) is 0 Å². The fourth-order valence-corrected chi connectivity index (χ4v) is 4.31. The predicted molar refractivity (Wildman–Crippen MR) is 112 cm³/mol. The van der Waals surface area contributed by atoms with E-state index in [-0.39, 0.29) is 29.3 Å². The number of anilines is 1. The molecular weight excluding hydrogens is 422 g/mol. The molecule has 1 aromatic heterocycles. The van der Waals surface area contributed by atoms with Crippen molar-refractivity contribution in [3.63, 3.8) is 0 Å². The van der Waals surface area contributed by atoms with E-state index in [4.69, 9.17) is 11.6 Å². The van der Waals surface area contributed by atoms with Crippen LogP contribution < -0.4 is 10.0 Å². The average Bonchev–Trinajstić information content (AvgIpc) is 2.97. The molecule has 2 aromatic carbocycles. The van der Waals surface area contributed by atoms with Gasteiger partial charge in [0.05, 0.1) is 22.0 Å². The molecule has 0 aliphatic carbocycles. The molecule has 0 bridgehead atoms. The Kier molecular flexibility index (Phi) is 5.90. The molecule has 3 aromatic rings. The number of sulfonamides is 1. The van der Waals surface area contributed by atoms with Gasteiger partial charge in [0, 0.05) is 11.6 Å². The van der Waals surface area contributed by atoms with E-state index >= 15 is 0 Å². The van der Waals surface area contributed by atoms with Crippen LogP contribution in [0.5, 0.6) is 5.75 Å². The first kappa shape index (κ1) is 20.5. The van der Waals surface area contributed by atoms with Crippen LogP contribution in [0, 0.1) is 6.92 Å². The van der Waals surface area contributed by atoms with Gasteiger partial charge < -0.3 is 5.11 Å². The SMILES string of the molecule is Cc1ccc2nc(NC(=O)c3cc(Cl)cc(CCNS(C)(=O)=O)c3O)sc2c1. The summed E-state index contributed by atoms with van der Waals surface area (Å²) in [4.78, 5) is 17.0. The van der Waals surface area contributed by atoms with Crippen LogP contribution in [0.4, 0.5) is 5.13 Å². The molecule has 0 unspecified atom stereocenters. The Bertz CT molecular complexity index is 1160. The number of aromatic nitrogens is 1. The van der Waals surface area contributed by atoms with Crippen molar-refractivity contribution in [3.8, 4) is 5.75 Å². The molecular formula is C18H18ClN3O4S2. The third kappa shape index (κ3) is 4.99. The fraction of sp³-hybridized carbons (Fsp3) is 0.222. The monoisotopic (exact) mass is 439 g/mol. The summed E-state index contributed by atoms with van der Waals surface area (Å²) in [7, 11) is -3.35. The van der Waals surface area contributed by atoms with Gasteiger partial charge in [-0.05, 0) is 48.7 Å². The van der Waals surface area contributed by atoms with Crippen molar-refractivity contribution in [3.05, 3.63) is 52.0 Å². The van der Waals surface area contributed by atoms with E-state index in [1.807, 2.05) is 25.1 Å². The first-order valence-corrected chi connectivity index (χ1v) is 11.4. The Labute approximate surface area is 171 Å². The van der Waals surface area contributed by atoms with Gasteiger partial charge in [-0.15, -0.1) is 0 Å². The van der Waals surface area contributed by atoms with Gasteiger partial charge in [0.2, 0.25) is 10.0 Å². The molecule has 1 heterocycles. The molecule has 0 atom stereocenters. The first-order valence-electron chi connectivity index (χ1n) is 8.27. The topological polar surface area (TPSA) is 108 Å². The number of aromatic hydroxyl groups is 1. The van der Waals surface area contributed by atoms with Gasteiger partial charge in [-0.3, -0.25) is 10.1 Å². The van der Waals surface area contributed by atoms with Crippen LogP contribution in [0.2, 0.25) is 5.02 Å². The van der Waals surface area contributed by atoms with Crippen molar-refractivity contribution in [1.82, 2.24) is 9.71 Å². The van der Waals surface area contributed by atoms with E-state index in [9.17, 15) is 18.3 Å². The Morgan fingerprint density at radius 3 is 2.75 bits per heavy atom. The molecule has 0 radical (unpaired) electrons. The number of carbonyl (C=O) groups excluding carboxylic acids is 1. The number of hydrogen-bond donors (Lipinski definition) is 3. The van der Waals surface area contributed by atoms with Crippen LogP contribution in [0.25, 0.3) is 10.2 Å². The summed E-state index contributed by atoms with van der Waals surface area (Å²) in [6, 6.07) is 8.65. The number of nitrogens with zero attached hydrogens (tertiary/aromatic N) is 1. The lowest BCUT2D eigenvalue weighted by Gasteiger charge is -2.11. The normalized spacial score (nSPS) is 11.7. The maximum Gasteiger partial charge on any atom is 0.261 e. The second-order valence-corrected chi connectivity index (χ2v) is 9.62. The standard InChI is InChI=1S/C18H18ClN3O4S2/c1-10-3-4-14-15(7-10)27-18(21-14)22-17(24)13-9-12(19)8-11(16(13)23)5-6-20-28(2,25)26/h3-4,7-9,20,23H,5-6H2,1-2H3,(H,21,22,24). The van der Waals surface area contributed by atoms with Crippen LogP contribution in [0.1, 0.15) is 21.5 Å². The van der Waals surface area contributed by atoms with Gasteiger partial charge in [0.15, 0.2) is 5.13 Å². The van der Waals surface area contributed by atoms with Gasteiger partial charge in [-0.2, -0.15) is 0 Å². The maximum atomic E-state index is 12.6. The minimum absolute atomic E-state index is 0.00251.